The molecule has 0 aliphatic rings. The van der Waals surface area contributed by atoms with Gasteiger partial charge in [0.05, 0.1) is 15.5 Å². The minimum atomic E-state index is -1.40. The van der Waals surface area contributed by atoms with Crippen molar-refractivity contribution in [3.05, 3.63) is 52.7 Å². The van der Waals surface area contributed by atoms with Crippen LogP contribution in [0.2, 0.25) is 5.02 Å². The molecule has 1 heterocycles. The highest BCUT2D eigenvalue weighted by atomic mass is 35.5. The third kappa shape index (κ3) is 3.02. The summed E-state index contributed by atoms with van der Waals surface area (Å²) in [6.45, 7) is 0. The quantitative estimate of drug-likeness (QED) is 0.935. The van der Waals surface area contributed by atoms with Crippen LogP contribution in [0.25, 0.3) is 0 Å². The van der Waals surface area contributed by atoms with Gasteiger partial charge in [-0.15, -0.1) is 0 Å². The average Bonchev–Trinajstić information content (AvgIpc) is 2.35. The van der Waals surface area contributed by atoms with E-state index in [2.05, 4.69) is 4.98 Å². The van der Waals surface area contributed by atoms with Crippen LogP contribution in [-0.2, 0) is 0 Å². The number of pyridine rings is 1. The maximum Gasteiger partial charge on any atom is 0.335 e. The van der Waals surface area contributed by atoms with E-state index in [0.717, 1.165) is 12.1 Å². The van der Waals surface area contributed by atoms with E-state index >= 15 is 0 Å². The number of nitrogens with zero attached hydrogens (tertiary/aromatic N) is 1. The second kappa shape index (κ2) is 5.54. The molecular weight excluding hydrogens is 296 g/mol. The molecule has 0 amide bonds. The lowest BCUT2D eigenvalue weighted by Crippen LogP contribution is -2.00. The van der Waals surface area contributed by atoms with Gasteiger partial charge in [-0.3, -0.25) is 0 Å². The van der Waals surface area contributed by atoms with E-state index < -0.39 is 23.2 Å². The van der Waals surface area contributed by atoms with Gasteiger partial charge in [-0.05, 0) is 24.3 Å². The summed E-state index contributed by atoms with van der Waals surface area (Å²) in [5.74, 6) is -3.33. The minimum Gasteiger partial charge on any atom is -0.478 e. The van der Waals surface area contributed by atoms with Crippen molar-refractivity contribution >= 4 is 29.3 Å². The lowest BCUT2D eigenvalue weighted by molar-refractivity contribution is 0.0695. The molecule has 0 aliphatic carbocycles. The van der Waals surface area contributed by atoms with Gasteiger partial charge in [0.2, 0.25) is 0 Å². The van der Waals surface area contributed by atoms with Crippen molar-refractivity contribution in [1.29, 1.82) is 0 Å². The zero-order valence-corrected chi connectivity index (χ0v) is 10.8. The monoisotopic (exact) mass is 301 g/mol. The van der Waals surface area contributed by atoms with E-state index in [4.69, 9.17) is 16.7 Å². The van der Waals surface area contributed by atoms with Crippen LogP contribution in [0.3, 0.4) is 0 Å². The van der Waals surface area contributed by atoms with Crippen LogP contribution < -0.4 is 0 Å². The first-order valence-electron chi connectivity index (χ1n) is 4.99. The van der Waals surface area contributed by atoms with E-state index in [1.54, 1.807) is 6.07 Å². The second-order valence-electron chi connectivity index (χ2n) is 3.47. The standard InChI is InChI=1S/C12H6ClF2NO2S/c13-7-2-1-3-16-11(7)19-10-8(14)4-6(12(17)18)5-9(10)15/h1-5H,(H,17,18). The van der Waals surface area contributed by atoms with Gasteiger partial charge in [-0.1, -0.05) is 23.4 Å². The average molecular weight is 302 g/mol. The molecule has 1 N–H and O–H groups in total. The van der Waals surface area contributed by atoms with Crippen LogP contribution in [0.15, 0.2) is 40.4 Å². The summed E-state index contributed by atoms with van der Waals surface area (Å²) >= 11 is 6.54. The van der Waals surface area contributed by atoms with Crippen LogP contribution in [0.1, 0.15) is 10.4 Å². The highest BCUT2D eigenvalue weighted by Crippen LogP contribution is 2.35. The first kappa shape index (κ1) is 13.8. The van der Waals surface area contributed by atoms with Gasteiger partial charge in [0, 0.05) is 6.20 Å². The Morgan fingerprint density at radius 2 is 1.95 bits per heavy atom. The zero-order chi connectivity index (χ0) is 14.0. The number of carbonyl (C=O) groups is 1. The summed E-state index contributed by atoms with van der Waals surface area (Å²) < 4.78 is 27.4. The van der Waals surface area contributed by atoms with Gasteiger partial charge in [-0.2, -0.15) is 0 Å². The number of hydrogen-bond donors (Lipinski definition) is 1. The number of hydrogen-bond acceptors (Lipinski definition) is 3. The largest absolute Gasteiger partial charge is 0.478 e. The van der Waals surface area contributed by atoms with Crippen LogP contribution in [0, 0.1) is 11.6 Å². The summed E-state index contributed by atoms with van der Waals surface area (Å²) in [4.78, 5) is 14.2. The molecular formula is C12H6ClF2NO2S. The molecule has 0 fully saturated rings. The van der Waals surface area contributed by atoms with Crippen molar-refractivity contribution in [2.75, 3.05) is 0 Å². The fourth-order valence-electron chi connectivity index (χ4n) is 1.32. The van der Waals surface area contributed by atoms with Gasteiger partial charge < -0.3 is 5.11 Å². The molecule has 0 bridgehead atoms. The Kier molecular flexibility index (Phi) is 4.01. The Bertz CT molecular complexity index is 628. The first-order valence-corrected chi connectivity index (χ1v) is 6.19. The third-order valence-electron chi connectivity index (χ3n) is 2.17. The van der Waals surface area contributed by atoms with E-state index in [-0.39, 0.29) is 14.9 Å². The van der Waals surface area contributed by atoms with Crippen molar-refractivity contribution in [2.24, 2.45) is 0 Å². The predicted octanol–water partition coefficient (Wildman–Crippen LogP) is 3.86. The Morgan fingerprint density at radius 1 is 1.32 bits per heavy atom. The lowest BCUT2D eigenvalue weighted by Gasteiger charge is -2.06. The number of aromatic nitrogens is 1. The molecule has 7 heteroatoms. The molecule has 0 spiro atoms. The summed E-state index contributed by atoms with van der Waals surface area (Å²) in [6.07, 6.45) is 1.44. The fourth-order valence-corrected chi connectivity index (χ4v) is 2.35. The Hall–Kier alpha value is -1.66. The normalized spacial score (nSPS) is 10.5. The molecule has 0 saturated heterocycles. The van der Waals surface area contributed by atoms with Crippen molar-refractivity contribution in [2.45, 2.75) is 9.92 Å². The number of rotatable bonds is 3. The summed E-state index contributed by atoms with van der Waals surface area (Å²) in [5, 5.41) is 9.18. The summed E-state index contributed by atoms with van der Waals surface area (Å²) in [5.41, 5.74) is -0.452. The van der Waals surface area contributed by atoms with E-state index in [1.165, 1.54) is 12.3 Å². The van der Waals surface area contributed by atoms with E-state index in [9.17, 15) is 13.6 Å². The minimum absolute atomic E-state index is 0.241. The summed E-state index contributed by atoms with van der Waals surface area (Å²) in [6, 6.07) is 4.64. The van der Waals surface area contributed by atoms with Gasteiger partial charge in [0.1, 0.15) is 16.7 Å². The topological polar surface area (TPSA) is 50.2 Å². The Morgan fingerprint density at radius 3 is 2.47 bits per heavy atom. The fraction of sp³-hybridized carbons (Fsp3) is 0. The molecule has 1 aromatic carbocycles. The number of aromatic carboxylic acids is 1. The van der Waals surface area contributed by atoms with Crippen molar-refractivity contribution in [1.82, 2.24) is 4.98 Å². The van der Waals surface area contributed by atoms with Crippen LogP contribution in [0.4, 0.5) is 8.78 Å². The third-order valence-corrected chi connectivity index (χ3v) is 3.70. The molecule has 2 aromatic rings. The molecule has 0 atom stereocenters. The molecule has 3 nitrogen and oxygen atoms in total. The molecule has 98 valence electrons. The number of carboxylic acids is 1. The summed E-state index contributed by atoms with van der Waals surface area (Å²) in [7, 11) is 0. The zero-order valence-electron chi connectivity index (χ0n) is 9.23. The van der Waals surface area contributed by atoms with Crippen molar-refractivity contribution < 1.29 is 18.7 Å². The van der Waals surface area contributed by atoms with Crippen LogP contribution >= 0.6 is 23.4 Å². The number of benzene rings is 1. The molecule has 2 rings (SSSR count). The SMILES string of the molecule is O=C(O)c1cc(F)c(Sc2ncccc2Cl)c(F)c1. The molecule has 1 aromatic heterocycles. The highest BCUT2D eigenvalue weighted by molar-refractivity contribution is 7.99. The second-order valence-corrected chi connectivity index (χ2v) is 4.87. The maximum atomic E-state index is 13.7. The predicted molar refractivity (Wildman–Crippen MR) is 66.7 cm³/mol. The van der Waals surface area contributed by atoms with Crippen LogP contribution in [-0.4, -0.2) is 16.1 Å². The molecule has 0 aliphatic heterocycles. The molecule has 0 radical (unpaired) electrons. The van der Waals surface area contributed by atoms with Crippen molar-refractivity contribution in [3.63, 3.8) is 0 Å². The van der Waals surface area contributed by atoms with Gasteiger partial charge >= 0.3 is 5.97 Å². The smallest absolute Gasteiger partial charge is 0.335 e. The van der Waals surface area contributed by atoms with E-state index in [1.807, 2.05) is 0 Å². The Labute approximate surface area is 116 Å². The number of carboxylic acid groups (broad SMARTS) is 1. The van der Waals surface area contributed by atoms with Crippen molar-refractivity contribution in [3.8, 4) is 0 Å². The van der Waals surface area contributed by atoms with Crippen LogP contribution in [0.5, 0.6) is 0 Å². The molecule has 19 heavy (non-hydrogen) atoms. The van der Waals surface area contributed by atoms with E-state index in [0.29, 0.717) is 11.8 Å². The first-order chi connectivity index (χ1) is 8.99. The maximum absolute atomic E-state index is 13.7. The molecule has 0 saturated carbocycles. The lowest BCUT2D eigenvalue weighted by atomic mass is 10.2. The number of halogens is 3. The Balaban J connectivity index is 2.42. The molecule has 0 unspecified atom stereocenters. The highest BCUT2D eigenvalue weighted by Gasteiger charge is 2.17. The van der Waals surface area contributed by atoms with Gasteiger partial charge in [-0.25, -0.2) is 18.6 Å². The van der Waals surface area contributed by atoms with Gasteiger partial charge in [0.15, 0.2) is 0 Å². The van der Waals surface area contributed by atoms with Gasteiger partial charge in [0.25, 0.3) is 0 Å².